The van der Waals surface area contributed by atoms with Gasteiger partial charge in [-0.1, -0.05) is 43.3 Å². The SMILES string of the molecule is C[C@H](c1c[nH]c2ccccc12)[C@@H](NC(=O)N1CCC(c2ccc(F)cc2)CC1)C(=O)Nc1ccc2c(c1)CN(C(=O)C(F)(F)F)CC2. The van der Waals surface area contributed by atoms with Crippen molar-refractivity contribution in [2.75, 3.05) is 25.0 Å². The van der Waals surface area contributed by atoms with Gasteiger partial charge in [0.05, 0.1) is 0 Å². The third-order valence-corrected chi connectivity index (χ3v) is 9.31. The maximum absolute atomic E-state index is 13.9. The Hall–Kier alpha value is -4.87. The van der Waals surface area contributed by atoms with Crippen LogP contribution in [0.1, 0.15) is 53.9 Å². The zero-order chi connectivity index (χ0) is 33.3. The summed E-state index contributed by atoms with van der Waals surface area (Å²) in [6.07, 6.45) is -1.50. The number of aromatic nitrogens is 1. The first-order valence-electron chi connectivity index (χ1n) is 15.6. The molecule has 3 aromatic carbocycles. The van der Waals surface area contributed by atoms with E-state index in [1.165, 1.54) is 12.1 Å². The van der Waals surface area contributed by atoms with Crippen molar-refractivity contribution in [3.63, 3.8) is 0 Å². The van der Waals surface area contributed by atoms with E-state index in [2.05, 4.69) is 15.6 Å². The Bertz CT molecular complexity index is 1780. The number of H-pyrrole nitrogens is 1. The number of nitrogens with zero attached hydrogens (tertiary/aromatic N) is 2. The molecular weight excluding hydrogens is 614 g/mol. The van der Waals surface area contributed by atoms with Gasteiger partial charge >= 0.3 is 18.1 Å². The van der Waals surface area contributed by atoms with Crippen molar-refractivity contribution in [3.05, 3.63) is 101 Å². The molecular formula is C35H35F4N5O3. The highest BCUT2D eigenvalue weighted by molar-refractivity contribution is 5.98. The molecule has 2 atom stereocenters. The quantitative estimate of drug-likeness (QED) is 0.210. The van der Waals surface area contributed by atoms with E-state index in [0.29, 0.717) is 37.2 Å². The molecule has 0 radical (unpaired) electrons. The number of aromatic amines is 1. The molecule has 0 spiro atoms. The van der Waals surface area contributed by atoms with Crippen LogP contribution in [-0.4, -0.2) is 64.5 Å². The summed E-state index contributed by atoms with van der Waals surface area (Å²) in [6.45, 7) is 2.50. The van der Waals surface area contributed by atoms with Crippen LogP contribution in [0.3, 0.4) is 0 Å². The van der Waals surface area contributed by atoms with Crippen LogP contribution in [0.25, 0.3) is 10.9 Å². The molecule has 0 bridgehead atoms. The summed E-state index contributed by atoms with van der Waals surface area (Å²) in [5.74, 6) is -2.96. The molecule has 6 rings (SSSR count). The second-order valence-corrected chi connectivity index (χ2v) is 12.3. The van der Waals surface area contributed by atoms with Crippen molar-refractivity contribution in [2.24, 2.45) is 0 Å². The van der Waals surface area contributed by atoms with E-state index in [-0.39, 0.29) is 37.3 Å². The van der Waals surface area contributed by atoms with Gasteiger partial charge in [0.2, 0.25) is 5.91 Å². The molecule has 4 amide bonds. The van der Waals surface area contributed by atoms with E-state index in [1.807, 2.05) is 37.4 Å². The van der Waals surface area contributed by atoms with E-state index in [1.54, 1.807) is 35.2 Å². The number of halogens is 4. The molecule has 47 heavy (non-hydrogen) atoms. The standard InChI is InChI=1S/C35H35F4N5O3/c1-21(29-19-40-30-5-3-2-4-28(29)30)31(42-34(47)43-15-12-24(13-16-43)22-6-9-26(36)10-7-22)32(45)41-27-11-8-23-14-17-44(20-25(23)18-27)33(46)35(37,38)39/h2-11,18-19,21,24,31,40H,12-17,20H2,1H3,(H,41,45)(H,42,47)/t21-,31-/m1/s1. The lowest BCUT2D eigenvalue weighted by Crippen LogP contribution is -2.53. The number of carbonyl (C=O) groups is 3. The molecule has 8 nitrogen and oxygen atoms in total. The minimum atomic E-state index is -4.97. The first-order valence-corrected chi connectivity index (χ1v) is 15.6. The summed E-state index contributed by atoms with van der Waals surface area (Å²) >= 11 is 0. The molecule has 12 heteroatoms. The van der Waals surface area contributed by atoms with Crippen molar-refractivity contribution in [2.45, 2.75) is 56.8 Å². The molecule has 246 valence electrons. The van der Waals surface area contributed by atoms with Gasteiger partial charge in [-0.15, -0.1) is 0 Å². The molecule has 4 aromatic rings. The van der Waals surface area contributed by atoms with Crippen LogP contribution in [0.2, 0.25) is 0 Å². The maximum Gasteiger partial charge on any atom is 0.471 e. The lowest BCUT2D eigenvalue weighted by molar-refractivity contribution is -0.186. The molecule has 2 aliphatic rings. The summed E-state index contributed by atoms with van der Waals surface area (Å²) in [6, 6.07) is 17.7. The highest BCUT2D eigenvalue weighted by Crippen LogP contribution is 2.31. The lowest BCUT2D eigenvalue weighted by Gasteiger charge is -2.34. The highest BCUT2D eigenvalue weighted by atomic mass is 19.4. The average Bonchev–Trinajstić information content (AvgIpc) is 3.50. The Kier molecular flexibility index (Phi) is 8.94. The summed E-state index contributed by atoms with van der Waals surface area (Å²) < 4.78 is 52.7. The predicted octanol–water partition coefficient (Wildman–Crippen LogP) is 6.45. The van der Waals surface area contributed by atoms with Crippen LogP contribution in [0, 0.1) is 5.82 Å². The first-order chi connectivity index (χ1) is 22.5. The van der Waals surface area contributed by atoms with Gasteiger partial charge in [-0.05, 0) is 77.8 Å². The fourth-order valence-corrected chi connectivity index (χ4v) is 6.65. The van der Waals surface area contributed by atoms with Crippen molar-refractivity contribution in [1.29, 1.82) is 0 Å². The molecule has 0 aliphatic carbocycles. The van der Waals surface area contributed by atoms with Crippen molar-refractivity contribution < 1.29 is 31.9 Å². The molecule has 3 heterocycles. The minimum absolute atomic E-state index is 0.0472. The molecule has 2 aliphatic heterocycles. The maximum atomic E-state index is 13.9. The summed E-state index contributed by atoms with van der Waals surface area (Å²) in [5.41, 5.74) is 4.41. The number of alkyl halides is 3. The number of anilines is 1. The fourth-order valence-electron chi connectivity index (χ4n) is 6.65. The second-order valence-electron chi connectivity index (χ2n) is 12.3. The van der Waals surface area contributed by atoms with Crippen LogP contribution in [0.15, 0.2) is 72.9 Å². The number of benzene rings is 3. The number of hydrogen-bond acceptors (Lipinski definition) is 3. The summed E-state index contributed by atoms with van der Waals surface area (Å²) in [4.78, 5) is 45.1. The van der Waals surface area contributed by atoms with Crippen LogP contribution in [-0.2, 0) is 22.6 Å². The zero-order valence-corrected chi connectivity index (χ0v) is 25.7. The van der Waals surface area contributed by atoms with Gasteiger partial charge in [0.25, 0.3) is 0 Å². The van der Waals surface area contributed by atoms with Gasteiger partial charge in [0, 0.05) is 54.9 Å². The molecule has 1 aromatic heterocycles. The molecule has 3 N–H and O–H groups in total. The number of piperidine rings is 1. The molecule has 0 unspecified atom stereocenters. The second kappa shape index (κ2) is 13.1. The molecule has 0 saturated carbocycles. The number of nitrogens with one attached hydrogen (secondary N) is 3. The third-order valence-electron chi connectivity index (χ3n) is 9.31. The van der Waals surface area contributed by atoms with Gasteiger partial charge in [0.15, 0.2) is 0 Å². The van der Waals surface area contributed by atoms with E-state index < -0.39 is 30.0 Å². The number of fused-ring (bicyclic) bond motifs is 2. The zero-order valence-electron chi connectivity index (χ0n) is 25.7. The number of hydrogen-bond donors (Lipinski definition) is 3. The fraction of sp³-hybridized carbons (Fsp3) is 0.343. The van der Waals surface area contributed by atoms with E-state index in [0.717, 1.165) is 32.5 Å². The van der Waals surface area contributed by atoms with Gasteiger partial charge in [-0.25, -0.2) is 9.18 Å². The van der Waals surface area contributed by atoms with Gasteiger partial charge < -0.3 is 25.4 Å². The number of para-hydroxylation sites is 1. The number of likely N-dealkylation sites (tertiary alicyclic amines) is 1. The number of urea groups is 1. The third kappa shape index (κ3) is 6.96. The lowest BCUT2D eigenvalue weighted by atomic mass is 9.89. The van der Waals surface area contributed by atoms with E-state index >= 15 is 0 Å². The van der Waals surface area contributed by atoms with Crippen LogP contribution in [0.5, 0.6) is 0 Å². The Labute approximate surface area is 269 Å². The number of amides is 4. The number of carbonyl (C=O) groups excluding carboxylic acids is 3. The normalized spacial score (nSPS) is 16.8. The van der Waals surface area contributed by atoms with Crippen molar-refractivity contribution >= 4 is 34.4 Å². The summed E-state index contributed by atoms with van der Waals surface area (Å²) in [7, 11) is 0. The van der Waals surface area contributed by atoms with Gasteiger partial charge in [0.1, 0.15) is 11.9 Å². The largest absolute Gasteiger partial charge is 0.471 e. The topological polar surface area (TPSA) is 97.5 Å². The summed E-state index contributed by atoms with van der Waals surface area (Å²) in [5, 5.41) is 6.73. The Morgan fingerprint density at radius 3 is 2.36 bits per heavy atom. The first kappa shape index (κ1) is 32.1. The minimum Gasteiger partial charge on any atom is -0.361 e. The highest BCUT2D eigenvalue weighted by Gasteiger charge is 2.43. The average molecular weight is 650 g/mol. The Balaban J connectivity index is 1.20. The van der Waals surface area contributed by atoms with Crippen molar-refractivity contribution in [1.82, 2.24) is 20.1 Å². The van der Waals surface area contributed by atoms with Crippen LogP contribution in [0.4, 0.5) is 28.0 Å². The van der Waals surface area contributed by atoms with Crippen LogP contribution < -0.4 is 10.6 Å². The van der Waals surface area contributed by atoms with E-state index in [9.17, 15) is 31.9 Å². The molecule has 1 saturated heterocycles. The van der Waals surface area contributed by atoms with Gasteiger partial charge in [-0.2, -0.15) is 13.2 Å². The van der Waals surface area contributed by atoms with Crippen molar-refractivity contribution in [3.8, 4) is 0 Å². The molecule has 1 fully saturated rings. The van der Waals surface area contributed by atoms with Crippen LogP contribution >= 0.6 is 0 Å². The Morgan fingerprint density at radius 2 is 1.64 bits per heavy atom. The van der Waals surface area contributed by atoms with Gasteiger partial charge in [-0.3, -0.25) is 9.59 Å². The van der Waals surface area contributed by atoms with E-state index in [4.69, 9.17) is 0 Å². The Morgan fingerprint density at radius 1 is 0.915 bits per heavy atom. The predicted molar refractivity (Wildman–Crippen MR) is 169 cm³/mol. The number of rotatable bonds is 6. The smallest absolute Gasteiger partial charge is 0.361 e. The monoisotopic (exact) mass is 649 g/mol.